The zero-order valence-electron chi connectivity index (χ0n) is 9.44. The van der Waals surface area contributed by atoms with E-state index >= 15 is 0 Å². The van der Waals surface area contributed by atoms with E-state index in [0.29, 0.717) is 0 Å². The fourth-order valence-corrected chi connectivity index (χ4v) is 1.40. The molecule has 1 aromatic carbocycles. The number of rotatable bonds is 5. The predicted octanol–water partition coefficient (Wildman–Crippen LogP) is 2.05. The van der Waals surface area contributed by atoms with Crippen LogP contribution < -0.4 is 11.2 Å². The van der Waals surface area contributed by atoms with Crippen LogP contribution in [0.5, 0.6) is 0 Å². The van der Waals surface area contributed by atoms with Gasteiger partial charge in [-0.15, -0.1) is 0 Å². The van der Waals surface area contributed by atoms with Crippen molar-refractivity contribution in [2.24, 2.45) is 10.8 Å². The smallest absolute Gasteiger partial charge is 0.332 e. The van der Waals surface area contributed by atoms with Crippen molar-refractivity contribution in [3.63, 3.8) is 0 Å². The van der Waals surface area contributed by atoms with Gasteiger partial charge in [-0.05, 0) is 31.7 Å². The number of urea groups is 1. The number of hydrogen-bond acceptors (Lipinski definition) is 2. The number of carbonyl (C=O) groups is 1. The van der Waals surface area contributed by atoms with Gasteiger partial charge in [0.15, 0.2) is 0 Å². The van der Waals surface area contributed by atoms with Gasteiger partial charge in [-0.2, -0.15) is 5.10 Å². The number of primary amides is 1. The van der Waals surface area contributed by atoms with E-state index in [-0.39, 0.29) is 0 Å². The number of hydrogen-bond donors (Lipinski definition) is 2. The Kier molecular flexibility index (Phi) is 5.05. The van der Waals surface area contributed by atoms with E-state index < -0.39 is 6.03 Å². The molecule has 0 radical (unpaired) electrons. The molecule has 2 amide bonds. The first-order valence-electron chi connectivity index (χ1n) is 5.31. The second-order valence-electron chi connectivity index (χ2n) is 3.66. The maximum Gasteiger partial charge on any atom is 0.332 e. The van der Waals surface area contributed by atoms with Crippen molar-refractivity contribution in [3.8, 4) is 0 Å². The quantitative estimate of drug-likeness (QED) is 0.577. The molecule has 0 aliphatic rings. The Labute approximate surface area is 95.5 Å². The Morgan fingerprint density at radius 3 is 2.69 bits per heavy atom. The summed E-state index contributed by atoms with van der Waals surface area (Å²) in [4.78, 5) is 10.4. The summed E-state index contributed by atoms with van der Waals surface area (Å²) < 4.78 is 0. The molecule has 0 bridgehead atoms. The van der Waals surface area contributed by atoms with E-state index in [2.05, 4.69) is 22.7 Å². The van der Waals surface area contributed by atoms with E-state index in [0.717, 1.165) is 25.0 Å². The SMILES string of the molecule is CC(CCCc1ccccc1)=NNC(N)=O. The van der Waals surface area contributed by atoms with E-state index in [4.69, 9.17) is 5.73 Å². The van der Waals surface area contributed by atoms with Gasteiger partial charge in [-0.3, -0.25) is 0 Å². The molecule has 0 saturated carbocycles. The third kappa shape index (κ3) is 5.14. The summed E-state index contributed by atoms with van der Waals surface area (Å²) in [5.41, 5.74) is 9.33. The first-order valence-corrected chi connectivity index (χ1v) is 5.31. The lowest BCUT2D eigenvalue weighted by Gasteiger charge is -2.01. The molecule has 86 valence electrons. The average molecular weight is 219 g/mol. The van der Waals surface area contributed by atoms with Crippen LogP contribution in [0.25, 0.3) is 0 Å². The summed E-state index contributed by atoms with van der Waals surface area (Å²) in [6, 6.07) is 9.66. The summed E-state index contributed by atoms with van der Waals surface area (Å²) in [6.45, 7) is 1.88. The Morgan fingerprint density at radius 1 is 1.38 bits per heavy atom. The number of hydrazone groups is 1. The summed E-state index contributed by atoms with van der Waals surface area (Å²) >= 11 is 0. The molecule has 4 nitrogen and oxygen atoms in total. The van der Waals surface area contributed by atoms with Gasteiger partial charge in [0.05, 0.1) is 0 Å². The molecular formula is C12H17N3O. The number of nitrogens with zero attached hydrogens (tertiary/aromatic N) is 1. The lowest BCUT2D eigenvalue weighted by Crippen LogP contribution is -2.25. The van der Waals surface area contributed by atoms with Crippen molar-refractivity contribution in [2.75, 3.05) is 0 Å². The lowest BCUT2D eigenvalue weighted by atomic mass is 10.1. The van der Waals surface area contributed by atoms with E-state index in [1.807, 2.05) is 25.1 Å². The standard InChI is InChI=1S/C12H17N3O/c1-10(14-15-12(13)16)6-5-9-11-7-3-2-4-8-11/h2-4,7-8H,5-6,9H2,1H3,(H3,13,15,16). The van der Waals surface area contributed by atoms with Crippen LogP contribution in [0.3, 0.4) is 0 Å². The van der Waals surface area contributed by atoms with Crippen LogP contribution in [0.1, 0.15) is 25.3 Å². The number of benzene rings is 1. The van der Waals surface area contributed by atoms with E-state index in [9.17, 15) is 4.79 Å². The molecule has 4 heteroatoms. The van der Waals surface area contributed by atoms with Crippen molar-refractivity contribution >= 4 is 11.7 Å². The monoisotopic (exact) mass is 219 g/mol. The van der Waals surface area contributed by atoms with Gasteiger partial charge in [0.25, 0.3) is 0 Å². The Bertz CT molecular complexity index is 360. The van der Waals surface area contributed by atoms with Crippen molar-refractivity contribution in [3.05, 3.63) is 35.9 Å². The molecule has 0 aromatic heterocycles. The molecule has 0 unspecified atom stereocenters. The van der Waals surface area contributed by atoms with Gasteiger partial charge >= 0.3 is 6.03 Å². The second-order valence-corrected chi connectivity index (χ2v) is 3.66. The molecule has 16 heavy (non-hydrogen) atoms. The number of nitrogens with two attached hydrogens (primary N) is 1. The van der Waals surface area contributed by atoms with E-state index in [1.165, 1.54) is 5.56 Å². The zero-order valence-corrected chi connectivity index (χ0v) is 9.44. The van der Waals surface area contributed by atoms with Crippen molar-refractivity contribution < 1.29 is 4.79 Å². The fourth-order valence-electron chi connectivity index (χ4n) is 1.40. The number of carbonyl (C=O) groups excluding carboxylic acids is 1. The minimum absolute atomic E-state index is 0.623. The Hall–Kier alpha value is -1.84. The zero-order chi connectivity index (χ0) is 11.8. The third-order valence-corrected chi connectivity index (χ3v) is 2.20. The summed E-state index contributed by atoms with van der Waals surface area (Å²) in [6.07, 6.45) is 2.89. The van der Waals surface area contributed by atoms with Gasteiger partial charge in [-0.25, -0.2) is 10.2 Å². The van der Waals surface area contributed by atoms with Gasteiger partial charge in [0.1, 0.15) is 0 Å². The second kappa shape index (κ2) is 6.61. The molecule has 0 spiro atoms. The highest BCUT2D eigenvalue weighted by atomic mass is 16.2. The first kappa shape index (κ1) is 12.2. The minimum atomic E-state index is -0.623. The molecule has 0 aliphatic heterocycles. The predicted molar refractivity (Wildman–Crippen MR) is 65.2 cm³/mol. The van der Waals surface area contributed by atoms with Crippen LogP contribution in [0.2, 0.25) is 0 Å². The van der Waals surface area contributed by atoms with Gasteiger partial charge in [0, 0.05) is 5.71 Å². The maximum atomic E-state index is 10.4. The highest BCUT2D eigenvalue weighted by Gasteiger charge is 1.95. The van der Waals surface area contributed by atoms with Crippen molar-refractivity contribution in [1.29, 1.82) is 0 Å². The average Bonchev–Trinajstić information content (AvgIpc) is 2.28. The van der Waals surface area contributed by atoms with Crippen LogP contribution in [0, 0.1) is 0 Å². The highest BCUT2D eigenvalue weighted by Crippen LogP contribution is 2.04. The minimum Gasteiger partial charge on any atom is -0.350 e. The molecule has 1 rings (SSSR count). The Balaban J connectivity index is 2.25. The van der Waals surface area contributed by atoms with Crippen LogP contribution in [0.4, 0.5) is 4.79 Å². The van der Waals surface area contributed by atoms with E-state index in [1.54, 1.807) is 0 Å². The van der Waals surface area contributed by atoms with Crippen LogP contribution in [-0.4, -0.2) is 11.7 Å². The van der Waals surface area contributed by atoms with Crippen LogP contribution in [0.15, 0.2) is 35.4 Å². The Morgan fingerprint density at radius 2 is 2.06 bits per heavy atom. The number of aryl methyl sites for hydroxylation is 1. The summed E-state index contributed by atoms with van der Waals surface area (Å²) in [7, 11) is 0. The number of nitrogens with one attached hydrogen (secondary N) is 1. The normalized spacial score (nSPS) is 11.2. The highest BCUT2D eigenvalue weighted by molar-refractivity contribution is 5.83. The molecule has 0 saturated heterocycles. The van der Waals surface area contributed by atoms with Crippen LogP contribution in [-0.2, 0) is 6.42 Å². The fraction of sp³-hybridized carbons (Fsp3) is 0.333. The molecule has 1 aromatic rings. The third-order valence-electron chi connectivity index (χ3n) is 2.20. The first-order chi connectivity index (χ1) is 7.68. The van der Waals surface area contributed by atoms with Gasteiger partial charge < -0.3 is 5.73 Å². The lowest BCUT2D eigenvalue weighted by molar-refractivity contribution is 0.249. The molecular weight excluding hydrogens is 202 g/mol. The van der Waals surface area contributed by atoms with Crippen LogP contribution >= 0.6 is 0 Å². The molecule has 0 heterocycles. The van der Waals surface area contributed by atoms with Crippen molar-refractivity contribution in [1.82, 2.24) is 5.43 Å². The summed E-state index contributed by atoms with van der Waals surface area (Å²) in [5, 5.41) is 3.85. The molecule has 0 fully saturated rings. The largest absolute Gasteiger partial charge is 0.350 e. The molecule has 3 N–H and O–H groups in total. The number of amides is 2. The van der Waals surface area contributed by atoms with Gasteiger partial charge in [0.2, 0.25) is 0 Å². The molecule has 0 atom stereocenters. The summed E-state index contributed by atoms with van der Waals surface area (Å²) in [5.74, 6) is 0. The molecule has 0 aliphatic carbocycles. The van der Waals surface area contributed by atoms with Gasteiger partial charge in [-0.1, -0.05) is 30.3 Å². The van der Waals surface area contributed by atoms with Crippen molar-refractivity contribution in [2.45, 2.75) is 26.2 Å². The maximum absolute atomic E-state index is 10.4. The topological polar surface area (TPSA) is 67.5 Å².